The third kappa shape index (κ3) is 4.25. The minimum atomic E-state index is -4.33. The number of aliphatic hydroxyl groups excluding tert-OH is 1. The van der Waals surface area contributed by atoms with Crippen LogP contribution in [0.3, 0.4) is 0 Å². The predicted octanol–water partition coefficient (Wildman–Crippen LogP) is 1.87. The van der Waals surface area contributed by atoms with Gasteiger partial charge >= 0.3 is 6.18 Å². The van der Waals surface area contributed by atoms with E-state index in [4.69, 9.17) is 10.5 Å². The highest BCUT2D eigenvalue weighted by Gasteiger charge is 2.45. The zero-order valence-electron chi connectivity index (χ0n) is 16.2. The van der Waals surface area contributed by atoms with E-state index in [1.807, 2.05) is 0 Å². The van der Waals surface area contributed by atoms with Crippen molar-refractivity contribution in [2.45, 2.75) is 50.2 Å². The fraction of sp³-hybridized carbons (Fsp3) is 0.579. The molecule has 4 rings (SSSR count). The van der Waals surface area contributed by atoms with Crippen LogP contribution in [0, 0.1) is 0 Å². The van der Waals surface area contributed by atoms with Crippen LogP contribution in [-0.4, -0.2) is 51.5 Å². The van der Waals surface area contributed by atoms with Gasteiger partial charge in [0.05, 0.1) is 19.3 Å². The molecule has 0 radical (unpaired) electrons. The molecular formula is C19H23F3N4O3S. The molecular weight excluding hydrogens is 421 g/mol. The van der Waals surface area contributed by atoms with Gasteiger partial charge in [-0.3, -0.25) is 14.4 Å². The van der Waals surface area contributed by atoms with E-state index in [1.54, 1.807) is 12.4 Å². The fourth-order valence-corrected chi connectivity index (χ4v) is 5.40. The summed E-state index contributed by atoms with van der Waals surface area (Å²) in [4.78, 5) is 13.3. The number of aromatic nitrogens is 2. The van der Waals surface area contributed by atoms with Crippen LogP contribution in [-0.2, 0) is 40.8 Å². The number of piperidine rings is 1. The summed E-state index contributed by atoms with van der Waals surface area (Å²) in [5, 5.41) is 13.7. The largest absolute Gasteiger partial charge is 0.425 e. The molecule has 0 aliphatic carbocycles. The number of carbonyl (C=O) groups excluding carboxylic acids is 1. The second-order valence-electron chi connectivity index (χ2n) is 7.82. The quantitative estimate of drug-likeness (QED) is 0.735. The number of amides is 1. The molecule has 11 heteroatoms. The average molecular weight is 444 g/mol. The van der Waals surface area contributed by atoms with Crippen LogP contribution in [0.4, 0.5) is 13.2 Å². The third-order valence-electron chi connectivity index (χ3n) is 5.70. The van der Waals surface area contributed by atoms with E-state index in [-0.39, 0.29) is 6.54 Å². The minimum Gasteiger partial charge on any atom is -0.381 e. The van der Waals surface area contributed by atoms with Crippen molar-refractivity contribution >= 4 is 17.2 Å². The Labute approximate surface area is 175 Å². The summed E-state index contributed by atoms with van der Waals surface area (Å²) in [5.74, 6) is -0.803. The van der Waals surface area contributed by atoms with Crippen molar-refractivity contribution in [2.75, 3.05) is 19.7 Å². The van der Waals surface area contributed by atoms with Gasteiger partial charge in [-0.1, -0.05) is 0 Å². The highest BCUT2D eigenvalue weighted by Crippen LogP contribution is 2.48. The summed E-state index contributed by atoms with van der Waals surface area (Å²) in [5.41, 5.74) is 6.11. The van der Waals surface area contributed by atoms with Crippen LogP contribution < -0.4 is 5.73 Å². The lowest BCUT2D eigenvalue weighted by atomic mass is 9.85. The molecule has 1 spiro atoms. The highest BCUT2D eigenvalue weighted by molar-refractivity contribution is 7.12. The van der Waals surface area contributed by atoms with Gasteiger partial charge in [-0.2, -0.15) is 18.3 Å². The molecule has 1 amide bonds. The Kier molecular flexibility index (Phi) is 5.64. The van der Waals surface area contributed by atoms with Crippen LogP contribution in [0.1, 0.15) is 33.7 Å². The fourth-order valence-electron chi connectivity index (χ4n) is 4.12. The smallest absolute Gasteiger partial charge is 0.381 e. The molecule has 1 fully saturated rings. The van der Waals surface area contributed by atoms with Crippen LogP contribution >= 0.6 is 11.3 Å². The first-order chi connectivity index (χ1) is 14.2. The van der Waals surface area contributed by atoms with Gasteiger partial charge in [0, 0.05) is 36.3 Å². The lowest BCUT2D eigenvalue weighted by Gasteiger charge is -2.43. The molecule has 1 unspecified atom stereocenters. The van der Waals surface area contributed by atoms with E-state index in [0.29, 0.717) is 45.5 Å². The molecule has 164 valence electrons. The van der Waals surface area contributed by atoms with Gasteiger partial charge in [0.1, 0.15) is 10.5 Å². The first-order valence-corrected chi connectivity index (χ1v) is 10.5. The number of carbonyl (C=O) groups is 1. The molecule has 0 bridgehead atoms. The molecule has 1 saturated heterocycles. The van der Waals surface area contributed by atoms with Gasteiger partial charge in [-0.25, -0.2) is 0 Å². The summed E-state index contributed by atoms with van der Waals surface area (Å²) in [7, 11) is 0. The molecule has 2 aromatic rings. The molecule has 30 heavy (non-hydrogen) atoms. The van der Waals surface area contributed by atoms with E-state index in [9.17, 15) is 23.1 Å². The zero-order valence-corrected chi connectivity index (χ0v) is 17.0. The Bertz CT molecular complexity index is 919. The van der Waals surface area contributed by atoms with E-state index < -0.39 is 28.7 Å². The maximum absolute atomic E-state index is 13.2. The number of nitrogens with zero attached hydrogens (tertiary/aromatic N) is 3. The molecule has 2 aliphatic rings. The number of hydrogen-bond donors (Lipinski definition) is 2. The van der Waals surface area contributed by atoms with E-state index >= 15 is 0 Å². The van der Waals surface area contributed by atoms with Crippen molar-refractivity contribution in [3.63, 3.8) is 0 Å². The van der Waals surface area contributed by atoms with Crippen LogP contribution in [0.15, 0.2) is 18.5 Å². The third-order valence-corrected chi connectivity index (χ3v) is 7.10. The second kappa shape index (κ2) is 7.95. The summed E-state index contributed by atoms with van der Waals surface area (Å²) < 4.78 is 47.0. The SMILES string of the molecule is NC(=O)C(O)Cn1cc(CN2CCC3(CC2)OCCc2cc(C(F)(F)F)sc23)cn1. The molecule has 0 saturated carbocycles. The number of fused-ring (bicyclic) bond motifs is 2. The normalized spacial score (nSPS) is 20.3. The Morgan fingerprint density at radius 3 is 2.80 bits per heavy atom. The summed E-state index contributed by atoms with van der Waals surface area (Å²) in [6.45, 7) is 2.43. The van der Waals surface area contributed by atoms with Crippen molar-refractivity contribution in [1.82, 2.24) is 14.7 Å². The standard InChI is InChI=1S/C19H23F3N4O3S/c20-19(21,22)15-7-13-1-6-29-18(16(13)30-15)2-4-25(5-3-18)9-12-8-24-26(10-12)11-14(27)17(23)28/h7-8,10,14,27H,1-6,9,11H2,(H2,23,28). The monoisotopic (exact) mass is 444 g/mol. The number of alkyl halides is 3. The van der Waals surface area contributed by atoms with Crippen molar-refractivity contribution in [2.24, 2.45) is 5.73 Å². The summed E-state index contributed by atoms with van der Waals surface area (Å²) in [6.07, 6.45) is -0.422. The van der Waals surface area contributed by atoms with Crippen molar-refractivity contribution in [1.29, 1.82) is 0 Å². The van der Waals surface area contributed by atoms with Crippen LogP contribution in [0.5, 0.6) is 0 Å². The number of thiophene rings is 1. The van der Waals surface area contributed by atoms with Crippen LogP contribution in [0.2, 0.25) is 0 Å². The number of primary amides is 1. The van der Waals surface area contributed by atoms with Gasteiger partial charge in [0.2, 0.25) is 5.91 Å². The number of nitrogens with two attached hydrogens (primary N) is 1. The summed E-state index contributed by atoms with van der Waals surface area (Å²) in [6, 6.07) is 1.28. The summed E-state index contributed by atoms with van der Waals surface area (Å²) >= 11 is 0.821. The van der Waals surface area contributed by atoms with Crippen LogP contribution in [0.25, 0.3) is 0 Å². The molecule has 4 heterocycles. The average Bonchev–Trinajstić information content (AvgIpc) is 3.31. The maximum atomic E-state index is 13.2. The number of ether oxygens (including phenoxy) is 1. The number of rotatable bonds is 5. The predicted molar refractivity (Wildman–Crippen MR) is 103 cm³/mol. The topological polar surface area (TPSA) is 93.6 Å². The van der Waals surface area contributed by atoms with E-state index in [0.717, 1.165) is 27.3 Å². The maximum Gasteiger partial charge on any atom is 0.425 e. The lowest BCUT2D eigenvalue weighted by Crippen LogP contribution is -2.45. The number of likely N-dealkylation sites (tertiary alicyclic amines) is 1. The van der Waals surface area contributed by atoms with Gasteiger partial charge in [-0.15, -0.1) is 11.3 Å². The first kappa shape index (κ1) is 21.3. The van der Waals surface area contributed by atoms with Crippen molar-refractivity contribution < 1.29 is 27.8 Å². The molecule has 2 aliphatic heterocycles. The molecule has 7 nitrogen and oxygen atoms in total. The van der Waals surface area contributed by atoms with Crippen molar-refractivity contribution in [3.05, 3.63) is 39.3 Å². The molecule has 0 aromatic carbocycles. The lowest BCUT2D eigenvalue weighted by molar-refractivity contribution is -0.134. The first-order valence-electron chi connectivity index (χ1n) is 9.72. The molecule has 2 aromatic heterocycles. The molecule has 1 atom stereocenters. The number of halogens is 3. The number of hydrogen-bond acceptors (Lipinski definition) is 6. The van der Waals surface area contributed by atoms with E-state index in [2.05, 4.69) is 10.00 Å². The highest BCUT2D eigenvalue weighted by atomic mass is 32.1. The van der Waals surface area contributed by atoms with E-state index in [1.165, 1.54) is 10.7 Å². The zero-order chi connectivity index (χ0) is 21.5. The molecule has 3 N–H and O–H groups in total. The minimum absolute atomic E-state index is 0.00498. The Balaban J connectivity index is 1.40. The Morgan fingerprint density at radius 2 is 2.13 bits per heavy atom. The Morgan fingerprint density at radius 1 is 1.40 bits per heavy atom. The van der Waals surface area contributed by atoms with Gasteiger partial charge in [0.15, 0.2) is 6.10 Å². The number of aliphatic hydroxyl groups is 1. The van der Waals surface area contributed by atoms with Gasteiger partial charge in [-0.05, 0) is 30.9 Å². The Hall–Kier alpha value is -1.95. The van der Waals surface area contributed by atoms with Crippen molar-refractivity contribution in [3.8, 4) is 0 Å². The van der Waals surface area contributed by atoms with Gasteiger partial charge < -0.3 is 15.6 Å². The van der Waals surface area contributed by atoms with Gasteiger partial charge in [0.25, 0.3) is 0 Å². The second-order valence-corrected chi connectivity index (χ2v) is 8.87.